The summed E-state index contributed by atoms with van der Waals surface area (Å²) in [5, 5.41) is 2.32. The molecule has 25 heavy (non-hydrogen) atoms. The summed E-state index contributed by atoms with van der Waals surface area (Å²) in [5.41, 5.74) is 4.24. The first-order valence-corrected chi connectivity index (χ1v) is 9.73. The van der Waals surface area contributed by atoms with Gasteiger partial charge in [0.25, 0.3) is 0 Å². The summed E-state index contributed by atoms with van der Waals surface area (Å²) in [5.74, 6) is 0.464. The van der Waals surface area contributed by atoms with Crippen molar-refractivity contribution in [2.45, 2.75) is 23.5 Å². The van der Waals surface area contributed by atoms with E-state index in [1.165, 1.54) is 16.7 Å². The number of hydrogen-bond acceptors (Lipinski definition) is 1. The quantitative estimate of drug-likeness (QED) is 0.517. The second kappa shape index (κ2) is 7.33. The van der Waals surface area contributed by atoms with Gasteiger partial charge in [-0.25, -0.2) is 0 Å². The molecule has 0 amide bonds. The highest BCUT2D eigenvalue weighted by atomic mass is 32.2. The summed E-state index contributed by atoms with van der Waals surface area (Å²) in [7, 11) is 0. The smallest absolute Gasteiger partial charge is 0.0498 e. The van der Waals surface area contributed by atoms with E-state index in [1.807, 2.05) is 11.8 Å². The maximum Gasteiger partial charge on any atom is 0.0498 e. The van der Waals surface area contributed by atoms with Crippen LogP contribution in [-0.2, 0) is 11.2 Å². The Balaban J connectivity index is 1.72. The first kappa shape index (κ1) is 16.2. The molecule has 4 rings (SSSR count). The van der Waals surface area contributed by atoms with E-state index in [-0.39, 0.29) is 4.75 Å². The van der Waals surface area contributed by atoms with Crippen molar-refractivity contribution in [2.24, 2.45) is 0 Å². The van der Waals surface area contributed by atoms with E-state index in [2.05, 4.69) is 102 Å². The molecule has 0 saturated carbocycles. The number of rotatable bonds is 4. The molecule has 1 heterocycles. The molecule has 0 spiro atoms. The van der Waals surface area contributed by atoms with Gasteiger partial charge in [-0.1, -0.05) is 97.1 Å². The van der Waals surface area contributed by atoms with Crippen molar-refractivity contribution in [3.8, 4) is 0 Å². The minimum Gasteiger partial charge on any atom is -0.122 e. The largest absolute Gasteiger partial charge is 0.122 e. The molecular weight excluding hydrogens is 320 g/mol. The zero-order valence-electron chi connectivity index (χ0n) is 14.2. The van der Waals surface area contributed by atoms with Crippen molar-refractivity contribution in [3.63, 3.8) is 0 Å². The van der Waals surface area contributed by atoms with Gasteiger partial charge in [0.15, 0.2) is 0 Å². The zero-order valence-corrected chi connectivity index (χ0v) is 15.0. The first-order valence-electron chi connectivity index (χ1n) is 8.85. The van der Waals surface area contributed by atoms with Crippen molar-refractivity contribution < 1.29 is 0 Å². The number of thioether (sulfide) groups is 1. The second-order valence-electron chi connectivity index (χ2n) is 6.69. The van der Waals surface area contributed by atoms with Gasteiger partial charge in [0.1, 0.15) is 0 Å². The lowest BCUT2D eigenvalue weighted by atomic mass is 9.80. The van der Waals surface area contributed by atoms with Crippen LogP contribution >= 0.6 is 11.8 Å². The van der Waals surface area contributed by atoms with E-state index in [1.54, 1.807) is 0 Å². The Bertz CT molecular complexity index is 824. The average molecular weight is 343 g/mol. The molecule has 3 aromatic carbocycles. The monoisotopic (exact) mass is 342 g/mol. The lowest BCUT2D eigenvalue weighted by Crippen LogP contribution is -2.28. The summed E-state index contributed by atoms with van der Waals surface area (Å²) in [6.45, 7) is 0. The second-order valence-corrected chi connectivity index (χ2v) is 7.98. The number of benzene rings is 3. The van der Waals surface area contributed by atoms with Crippen molar-refractivity contribution in [1.82, 2.24) is 0 Å². The maximum absolute atomic E-state index is 2.37. The van der Waals surface area contributed by atoms with Crippen LogP contribution in [0.1, 0.15) is 29.0 Å². The summed E-state index contributed by atoms with van der Waals surface area (Å²) in [6, 6.07) is 32.8. The third-order valence-electron chi connectivity index (χ3n) is 5.01. The fourth-order valence-electron chi connectivity index (χ4n) is 3.73. The minimum atomic E-state index is 0.0812. The highest BCUT2D eigenvalue weighted by molar-refractivity contribution is 8.03. The molecule has 0 N–H and O–H groups in total. The van der Waals surface area contributed by atoms with Gasteiger partial charge in [0.2, 0.25) is 0 Å². The predicted octanol–water partition coefficient (Wildman–Crippen LogP) is 6.56. The van der Waals surface area contributed by atoms with Crippen molar-refractivity contribution in [3.05, 3.63) is 119 Å². The van der Waals surface area contributed by atoms with Crippen LogP contribution < -0.4 is 0 Å². The molecule has 3 aromatic rings. The van der Waals surface area contributed by atoms with Crippen LogP contribution in [0.25, 0.3) is 0 Å². The Kier molecular flexibility index (Phi) is 4.76. The fourth-order valence-corrected chi connectivity index (χ4v) is 5.06. The Morgan fingerprint density at radius 1 is 0.760 bits per heavy atom. The lowest BCUT2D eigenvalue weighted by molar-refractivity contribution is 0.529. The molecule has 0 fully saturated rings. The SMILES string of the molecule is C1=C[C@H](c2ccccc2)C[C@](Cc2ccccc2)(c2ccccc2)S1. The molecule has 0 radical (unpaired) electrons. The lowest BCUT2D eigenvalue weighted by Gasteiger charge is -2.38. The van der Waals surface area contributed by atoms with Crippen molar-refractivity contribution >= 4 is 11.8 Å². The first-order chi connectivity index (χ1) is 12.4. The molecule has 2 atom stereocenters. The molecule has 1 heteroatoms. The number of allylic oxidation sites excluding steroid dienone is 1. The van der Waals surface area contributed by atoms with Crippen LogP contribution in [0, 0.1) is 0 Å². The molecule has 1 aliphatic rings. The molecule has 0 saturated heterocycles. The van der Waals surface area contributed by atoms with Gasteiger partial charge in [0, 0.05) is 10.7 Å². The molecule has 0 aromatic heterocycles. The highest BCUT2D eigenvalue weighted by Gasteiger charge is 2.37. The Hall–Kier alpha value is -2.25. The van der Waals surface area contributed by atoms with Crippen LogP contribution in [0.3, 0.4) is 0 Å². The van der Waals surface area contributed by atoms with Gasteiger partial charge in [-0.3, -0.25) is 0 Å². The standard InChI is InChI=1S/C24H22S/c1-4-10-20(11-5-1)18-24(23-14-8-3-9-15-23)19-22(16-17-25-24)21-12-6-2-7-13-21/h1-17,22H,18-19H2/t22-,24+/m0/s1. The van der Waals surface area contributed by atoms with Gasteiger partial charge in [-0.05, 0) is 34.9 Å². The van der Waals surface area contributed by atoms with Crippen LogP contribution in [0.4, 0.5) is 0 Å². The van der Waals surface area contributed by atoms with E-state index in [9.17, 15) is 0 Å². The van der Waals surface area contributed by atoms with E-state index < -0.39 is 0 Å². The molecule has 124 valence electrons. The van der Waals surface area contributed by atoms with Gasteiger partial charge < -0.3 is 0 Å². The fraction of sp³-hybridized carbons (Fsp3) is 0.167. The normalized spacial score (nSPS) is 22.6. The molecule has 0 unspecified atom stereocenters. The molecule has 1 aliphatic heterocycles. The van der Waals surface area contributed by atoms with Gasteiger partial charge >= 0.3 is 0 Å². The van der Waals surface area contributed by atoms with Gasteiger partial charge in [-0.15, -0.1) is 11.8 Å². The summed E-state index contributed by atoms with van der Waals surface area (Å²) < 4.78 is 0.0812. The van der Waals surface area contributed by atoms with Crippen LogP contribution in [0.5, 0.6) is 0 Å². The third kappa shape index (κ3) is 3.57. The molecule has 0 aliphatic carbocycles. The third-order valence-corrected chi connectivity index (χ3v) is 6.31. The zero-order chi connectivity index (χ0) is 17.0. The van der Waals surface area contributed by atoms with Gasteiger partial charge in [0.05, 0.1) is 0 Å². The molecular formula is C24H22S. The minimum absolute atomic E-state index is 0.0812. The molecule has 0 bridgehead atoms. The van der Waals surface area contributed by atoms with E-state index in [4.69, 9.17) is 0 Å². The molecule has 0 nitrogen and oxygen atoms in total. The summed E-state index contributed by atoms with van der Waals surface area (Å²) in [4.78, 5) is 0. The van der Waals surface area contributed by atoms with E-state index >= 15 is 0 Å². The predicted molar refractivity (Wildman–Crippen MR) is 109 cm³/mol. The number of hydrogen-bond donors (Lipinski definition) is 0. The van der Waals surface area contributed by atoms with Crippen molar-refractivity contribution in [2.75, 3.05) is 0 Å². The summed E-state index contributed by atoms with van der Waals surface area (Å²) in [6.07, 6.45) is 4.54. The highest BCUT2D eigenvalue weighted by Crippen LogP contribution is 2.50. The topological polar surface area (TPSA) is 0 Å². The van der Waals surface area contributed by atoms with Gasteiger partial charge in [-0.2, -0.15) is 0 Å². The van der Waals surface area contributed by atoms with Crippen LogP contribution in [-0.4, -0.2) is 0 Å². The Labute approximate surface area is 154 Å². The van der Waals surface area contributed by atoms with E-state index in [0.717, 1.165) is 12.8 Å². The Morgan fingerprint density at radius 3 is 2.04 bits per heavy atom. The van der Waals surface area contributed by atoms with Crippen LogP contribution in [0.2, 0.25) is 0 Å². The Morgan fingerprint density at radius 2 is 1.36 bits per heavy atom. The average Bonchev–Trinajstić information content (AvgIpc) is 2.70. The van der Waals surface area contributed by atoms with Crippen molar-refractivity contribution in [1.29, 1.82) is 0 Å². The maximum atomic E-state index is 2.37. The van der Waals surface area contributed by atoms with Crippen LogP contribution in [0.15, 0.2) is 102 Å². The van der Waals surface area contributed by atoms with E-state index in [0.29, 0.717) is 5.92 Å². The summed E-state index contributed by atoms with van der Waals surface area (Å²) >= 11 is 1.98.